The molecule has 1 saturated carbocycles. The Labute approximate surface area is 129 Å². The number of hydrogen-bond acceptors (Lipinski definition) is 3. The lowest BCUT2D eigenvalue weighted by Crippen LogP contribution is -2.54. The van der Waals surface area contributed by atoms with Crippen LogP contribution in [-0.2, 0) is 0 Å². The molecule has 1 aliphatic carbocycles. The first-order valence-corrected chi connectivity index (χ1v) is 7.89. The number of ether oxygens (including phenoxy) is 1. The quantitative estimate of drug-likeness (QED) is 0.913. The summed E-state index contributed by atoms with van der Waals surface area (Å²) < 4.78 is 18.6. The second-order valence-corrected chi connectivity index (χ2v) is 6.40. The Hall–Kier alpha value is -1.62. The summed E-state index contributed by atoms with van der Waals surface area (Å²) in [6.45, 7) is 1.09. The van der Waals surface area contributed by atoms with Crippen LogP contribution in [0.4, 0.5) is 4.39 Å². The molecule has 1 N–H and O–H groups in total. The molecule has 1 amide bonds. The Morgan fingerprint density at radius 3 is 2.95 bits per heavy atom. The molecule has 22 heavy (non-hydrogen) atoms. The SMILES string of the molecule is COc1ccc(C(=O)N2CC[C@@]3(O)CCCC[C@H]3C2)cc1F. The molecule has 0 unspecified atom stereocenters. The van der Waals surface area contributed by atoms with E-state index >= 15 is 0 Å². The van der Waals surface area contributed by atoms with Gasteiger partial charge in [-0.15, -0.1) is 0 Å². The monoisotopic (exact) mass is 307 g/mol. The molecule has 120 valence electrons. The van der Waals surface area contributed by atoms with Crippen molar-refractivity contribution in [2.24, 2.45) is 5.92 Å². The van der Waals surface area contributed by atoms with Crippen molar-refractivity contribution in [2.75, 3.05) is 20.2 Å². The zero-order chi connectivity index (χ0) is 15.7. The molecule has 2 fully saturated rings. The van der Waals surface area contributed by atoms with E-state index in [9.17, 15) is 14.3 Å². The minimum atomic E-state index is -0.611. The van der Waals surface area contributed by atoms with E-state index in [2.05, 4.69) is 0 Å². The molecular weight excluding hydrogens is 285 g/mol. The Morgan fingerprint density at radius 1 is 1.41 bits per heavy atom. The van der Waals surface area contributed by atoms with Crippen molar-refractivity contribution in [1.82, 2.24) is 4.90 Å². The van der Waals surface area contributed by atoms with Crippen molar-refractivity contribution in [2.45, 2.75) is 37.7 Å². The van der Waals surface area contributed by atoms with Crippen molar-refractivity contribution in [3.63, 3.8) is 0 Å². The van der Waals surface area contributed by atoms with Gasteiger partial charge in [-0.3, -0.25) is 4.79 Å². The maximum atomic E-state index is 13.8. The van der Waals surface area contributed by atoms with Crippen molar-refractivity contribution in [3.05, 3.63) is 29.6 Å². The van der Waals surface area contributed by atoms with Crippen LogP contribution in [0.15, 0.2) is 18.2 Å². The number of aliphatic hydroxyl groups is 1. The highest BCUT2D eigenvalue weighted by Gasteiger charge is 2.43. The van der Waals surface area contributed by atoms with Crippen LogP contribution < -0.4 is 4.74 Å². The molecule has 2 aliphatic rings. The highest BCUT2D eigenvalue weighted by atomic mass is 19.1. The summed E-state index contributed by atoms with van der Waals surface area (Å²) in [6.07, 6.45) is 4.56. The summed E-state index contributed by atoms with van der Waals surface area (Å²) in [5.41, 5.74) is -0.278. The minimum absolute atomic E-state index is 0.136. The molecule has 1 saturated heterocycles. The number of hydrogen-bond donors (Lipinski definition) is 1. The number of piperidine rings is 1. The van der Waals surface area contributed by atoms with Gasteiger partial charge in [0.15, 0.2) is 11.6 Å². The number of nitrogens with zero attached hydrogens (tertiary/aromatic N) is 1. The second-order valence-electron chi connectivity index (χ2n) is 6.40. The van der Waals surface area contributed by atoms with E-state index < -0.39 is 11.4 Å². The van der Waals surface area contributed by atoms with Crippen LogP contribution in [-0.4, -0.2) is 41.7 Å². The number of carbonyl (C=O) groups excluding carboxylic acids is 1. The van der Waals surface area contributed by atoms with Gasteiger partial charge in [0.1, 0.15) is 0 Å². The average molecular weight is 307 g/mol. The number of halogens is 1. The van der Waals surface area contributed by atoms with E-state index in [4.69, 9.17) is 4.74 Å². The van der Waals surface area contributed by atoms with E-state index in [1.165, 1.54) is 19.2 Å². The lowest BCUT2D eigenvalue weighted by molar-refractivity contribution is -0.0886. The predicted octanol–water partition coefficient (Wildman–Crippen LogP) is 2.60. The maximum Gasteiger partial charge on any atom is 0.253 e. The lowest BCUT2D eigenvalue weighted by atomic mass is 9.71. The number of methoxy groups -OCH3 is 1. The fourth-order valence-corrected chi connectivity index (χ4v) is 3.74. The summed E-state index contributed by atoms with van der Waals surface area (Å²) in [7, 11) is 1.40. The fourth-order valence-electron chi connectivity index (χ4n) is 3.74. The van der Waals surface area contributed by atoms with Crippen molar-refractivity contribution >= 4 is 5.91 Å². The van der Waals surface area contributed by atoms with Gasteiger partial charge in [0, 0.05) is 24.6 Å². The number of benzene rings is 1. The molecular formula is C17H22FNO3. The highest BCUT2D eigenvalue weighted by Crippen LogP contribution is 2.40. The number of likely N-dealkylation sites (tertiary alicyclic amines) is 1. The minimum Gasteiger partial charge on any atom is -0.494 e. The molecule has 4 nitrogen and oxygen atoms in total. The molecule has 1 aromatic carbocycles. The summed E-state index contributed by atoms with van der Waals surface area (Å²) in [4.78, 5) is 14.3. The number of fused-ring (bicyclic) bond motifs is 1. The van der Waals surface area contributed by atoms with Crippen LogP contribution in [0, 0.1) is 11.7 Å². The summed E-state index contributed by atoms with van der Waals surface area (Å²) in [5, 5.41) is 10.7. The molecule has 2 atom stereocenters. The molecule has 0 bridgehead atoms. The van der Waals surface area contributed by atoms with Crippen LogP contribution in [0.3, 0.4) is 0 Å². The molecule has 5 heteroatoms. The van der Waals surface area contributed by atoms with Gasteiger partial charge in [-0.1, -0.05) is 12.8 Å². The number of carbonyl (C=O) groups is 1. The zero-order valence-electron chi connectivity index (χ0n) is 12.8. The third-order valence-corrected chi connectivity index (χ3v) is 5.11. The summed E-state index contributed by atoms with van der Waals surface area (Å²) in [5.74, 6) is -0.424. The largest absolute Gasteiger partial charge is 0.494 e. The standard InChI is InChI=1S/C17H22FNO3/c1-22-15-6-5-12(10-14(15)18)16(20)19-9-8-17(21)7-3-2-4-13(17)11-19/h5-6,10,13,21H,2-4,7-9,11H2,1H3/t13-,17-/m0/s1. The lowest BCUT2D eigenvalue weighted by Gasteiger charge is -2.47. The Kier molecular flexibility index (Phi) is 4.08. The highest BCUT2D eigenvalue weighted by molar-refractivity contribution is 5.94. The van der Waals surface area contributed by atoms with Gasteiger partial charge in [-0.2, -0.15) is 0 Å². The second kappa shape index (κ2) is 5.88. The molecule has 0 radical (unpaired) electrons. The van der Waals surface area contributed by atoms with Crippen molar-refractivity contribution in [1.29, 1.82) is 0 Å². The van der Waals surface area contributed by atoms with E-state index in [0.717, 1.165) is 25.7 Å². The van der Waals surface area contributed by atoms with Crippen LogP contribution in [0.2, 0.25) is 0 Å². The van der Waals surface area contributed by atoms with Gasteiger partial charge in [-0.05, 0) is 37.5 Å². The normalized spacial score (nSPS) is 28.1. The number of rotatable bonds is 2. The van der Waals surface area contributed by atoms with Gasteiger partial charge in [0.2, 0.25) is 0 Å². The van der Waals surface area contributed by atoms with Gasteiger partial charge in [0.25, 0.3) is 5.91 Å². The van der Waals surface area contributed by atoms with Crippen LogP contribution in [0.25, 0.3) is 0 Å². The topological polar surface area (TPSA) is 49.8 Å². The van der Waals surface area contributed by atoms with E-state index in [0.29, 0.717) is 25.1 Å². The molecule has 1 aromatic rings. The van der Waals surface area contributed by atoms with E-state index in [1.54, 1.807) is 11.0 Å². The van der Waals surface area contributed by atoms with E-state index in [-0.39, 0.29) is 17.6 Å². The van der Waals surface area contributed by atoms with Gasteiger partial charge < -0.3 is 14.7 Å². The Balaban J connectivity index is 1.74. The van der Waals surface area contributed by atoms with Gasteiger partial charge >= 0.3 is 0 Å². The molecule has 1 heterocycles. The first-order chi connectivity index (χ1) is 10.5. The van der Waals surface area contributed by atoms with Gasteiger partial charge in [-0.25, -0.2) is 4.39 Å². The molecule has 0 spiro atoms. The molecule has 1 aliphatic heterocycles. The average Bonchev–Trinajstić information content (AvgIpc) is 2.53. The van der Waals surface area contributed by atoms with Crippen molar-refractivity contribution < 1.29 is 19.0 Å². The van der Waals surface area contributed by atoms with Crippen molar-refractivity contribution in [3.8, 4) is 5.75 Å². The third-order valence-electron chi connectivity index (χ3n) is 5.11. The maximum absolute atomic E-state index is 13.8. The molecule has 0 aromatic heterocycles. The smallest absolute Gasteiger partial charge is 0.253 e. The first kappa shape index (κ1) is 15.3. The van der Waals surface area contributed by atoms with Crippen LogP contribution in [0.1, 0.15) is 42.5 Å². The summed E-state index contributed by atoms with van der Waals surface area (Å²) in [6, 6.07) is 4.29. The third kappa shape index (κ3) is 2.70. The van der Waals surface area contributed by atoms with Gasteiger partial charge in [0.05, 0.1) is 12.7 Å². The first-order valence-electron chi connectivity index (χ1n) is 7.89. The van der Waals surface area contributed by atoms with E-state index in [1.807, 2.05) is 0 Å². The summed E-state index contributed by atoms with van der Waals surface area (Å²) >= 11 is 0. The van der Waals surface area contributed by atoms with Crippen LogP contribution in [0.5, 0.6) is 5.75 Å². The fraction of sp³-hybridized carbons (Fsp3) is 0.588. The zero-order valence-corrected chi connectivity index (χ0v) is 12.8. The molecule has 3 rings (SSSR count). The Bertz CT molecular complexity index is 577. The van der Waals surface area contributed by atoms with Crippen LogP contribution >= 0.6 is 0 Å². The predicted molar refractivity (Wildman–Crippen MR) is 80.4 cm³/mol. The number of amides is 1. The Morgan fingerprint density at radius 2 is 2.23 bits per heavy atom.